The van der Waals surface area contributed by atoms with Gasteiger partial charge in [-0.3, -0.25) is 0 Å². The molecule has 0 atom stereocenters. The largest absolute Gasteiger partial charge is 0.493 e. The molecule has 0 saturated carbocycles. The molecule has 2 N–H and O–H groups in total. The lowest BCUT2D eigenvalue weighted by molar-refractivity contribution is 0.282. The van der Waals surface area contributed by atoms with Crippen molar-refractivity contribution in [3.63, 3.8) is 0 Å². The molecule has 0 fully saturated rings. The zero-order valence-electron chi connectivity index (χ0n) is 11.6. The molecule has 0 spiro atoms. The Hall–Kier alpha value is -0.770. The maximum atomic E-state index is 8.70. The molecular weight excluding hydrogens is 262 g/mol. The van der Waals surface area contributed by atoms with E-state index >= 15 is 0 Å². The molecule has 0 amide bonds. The molecule has 1 aromatic carbocycles. The van der Waals surface area contributed by atoms with Crippen molar-refractivity contribution in [2.24, 2.45) is 0 Å². The van der Waals surface area contributed by atoms with Crippen LogP contribution in [-0.2, 0) is 6.54 Å². The van der Waals surface area contributed by atoms with Gasteiger partial charge in [-0.1, -0.05) is 18.5 Å². The molecule has 0 aromatic heterocycles. The van der Waals surface area contributed by atoms with Crippen molar-refractivity contribution >= 4 is 11.6 Å². The van der Waals surface area contributed by atoms with E-state index < -0.39 is 0 Å². The summed E-state index contributed by atoms with van der Waals surface area (Å²) in [6.07, 6.45) is 4.00. The number of hydrogen-bond donors (Lipinski definition) is 2. The predicted molar refractivity (Wildman–Crippen MR) is 79.9 cm³/mol. The van der Waals surface area contributed by atoms with Crippen LogP contribution in [0.4, 0.5) is 0 Å². The third-order valence-electron chi connectivity index (χ3n) is 2.81. The van der Waals surface area contributed by atoms with Crippen LogP contribution < -0.4 is 10.1 Å². The van der Waals surface area contributed by atoms with E-state index in [1.807, 2.05) is 18.2 Å². The number of benzene rings is 1. The summed E-state index contributed by atoms with van der Waals surface area (Å²) < 4.78 is 5.71. The highest BCUT2D eigenvalue weighted by molar-refractivity contribution is 6.30. The molecule has 0 unspecified atom stereocenters. The predicted octanol–water partition coefficient (Wildman–Crippen LogP) is 3.38. The molecule has 0 saturated heterocycles. The lowest BCUT2D eigenvalue weighted by Crippen LogP contribution is -2.15. The summed E-state index contributed by atoms with van der Waals surface area (Å²) in [7, 11) is 0. The highest BCUT2D eigenvalue weighted by atomic mass is 35.5. The van der Waals surface area contributed by atoms with Crippen molar-refractivity contribution < 1.29 is 9.84 Å². The smallest absolute Gasteiger partial charge is 0.123 e. The van der Waals surface area contributed by atoms with Crippen molar-refractivity contribution in [2.45, 2.75) is 39.2 Å². The number of aliphatic hydroxyl groups is 1. The van der Waals surface area contributed by atoms with E-state index in [0.29, 0.717) is 0 Å². The van der Waals surface area contributed by atoms with Crippen LogP contribution in [0.5, 0.6) is 5.75 Å². The summed E-state index contributed by atoms with van der Waals surface area (Å²) >= 11 is 6.02. The molecule has 19 heavy (non-hydrogen) atoms. The van der Waals surface area contributed by atoms with Crippen LogP contribution in [0.2, 0.25) is 5.02 Å². The molecule has 108 valence electrons. The number of hydrogen-bond acceptors (Lipinski definition) is 3. The first-order valence-electron chi connectivity index (χ1n) is 7.00. The number of ether oxygens (including phenoxy) is 1. The van der Waals surface area contributed by atoms with Crippen LogP contribution in [-0.4, -0.2) is 24.9 Å². The van der Waals surface area contributed by atoms with Gasteiger partial charge in [0.15, 0.2) is 0 Å². The monoisotopic (exact) mass is 285 g/mol. The summed E-state index contributed by atoms with van der Waals surface area (Å²) in [5, 5.41) is 12.8. The van der Waals surface area contributed by atoms with Gasteiger partial charge in [0.2, 0.25) is 0 Å². The number of rotatable bonds is 10. The first-order chi connectivity index (χ1) is 9.27. The molecule has 1 rings (SSSR count). The van der Waals surface area contributed by atoms with Crippen molar-refractivity contribution in [2.75, 3.05) is 19.8 Å². The molecule has 0 bridgehead atoms. The quantitative estimate of drug-likeness (QED) is 0.648. The third kappa shape index (κ3) is 6.81. The van der Waals surface area contributed by atoms with Gasteiger partial charge in [-0.2, -0.15) is 0 Å². The second kappa shape index (κ2) is 10.1. The highest BCUT2D eigenvalue weighted by Gasteiger charge is 2.04. The average Bonchev–Trinajstić information content (AvgIpc) is 2.42. The molecule has 0 heterocycles. The Morgan fingerprint density at radius 1 is 1.26 bits per heavy atom. The van der Waals surface area contributed by atoms with Gasteiger partial charge in [-0.25, -0.2) is 0 Å². The number of unbranched alkanes of at least 4 members (excludes halogenated alkanes) is 2. The molecule has 0 aliphatic carbocycles. The lowest BCUT2D eigenvalue weighted by Gasteiger charge is -2.12. The second-order valence-electron chi connectivity index (χ2n) is 4.56. The van der Waals surface area contributed by atoms with Crippen LogP contribution in [0, 0.1) is 0 Å². The van der Waals surface area contributed by atoms with Gasteiger partial charge in [-0.15, -0.1) is 0 Å². The van der Waals surface area contributed by atoms with E-state index in [1.165, 1.54) is 0 Å². The fourth-order valence-electron chi connectivity index (χ4n) is 1.80. The van der Waals surface area contributed by atoms with Crippen LogP contribution >= 0.6 is 11.6 Å². The first-order valence-corrected chi connectivity index (χ1v) is 7.38. The molecule has 1 aromatic rings. The normalized spacial score (nSPS) is 10.7. The second-order valence-corrected chi connectivity index (χ2v) is 5.00. The van der Waals surface area contributed by atoms with Gasteiger partial charge in [0.05, 0.1) is 6.61 Å². The summed E-state index contributed by atoms with van der Waals surface area (Å²) in [5.41, 5.74) is 1.10. The van der Waals surface area contributed by atoms with Crippen molar-refractivity contribution in [3.8, 4) is 5.75 Å². The van der Waals surface area contributed by atoms with Crippen LogP contribution in [0.1, 0.15) is 38.2 Å². The molecule has 3 nitrogen and oxygen atoms in total. The maximum absolute atomic E-state index is 8.70. The Morgan fingerprint density at radius 2 is 2.11 bits per heavy atom. The molecular formula is C15H24ClNO2. The van der Waals surface area contributed by atoms with Gasteiger partial charge in [0, 0.05) is 23.7 Å². The number of nitrogens with one attached hydrogen (secondary N) is 1. The van der Waals surface area contributed by atoms with E-state index in [4.69, 9.17) is 21.4 Å². The zero-order valence-corrected chi connectivity index (χ0v) is 12.4. The fourth-order valence-corrected chi connectivity index (χ4v) is 2.00. The average molecular weight is 286 g/mol. The van der Waals surface area contributed by atoms with Gasteiger partial charge in [-0.05, 0) is 50.4 Å². The van der Waals surface area contributed by atoms with Crippen LogP contribution in [0.3, 0.4) is 0 Å². The third-order valence-corrected chi connectivity index (χ3v) is 3.05. The molecule has 4 heteroatoms. The maximum Gasteiger partial charge on any atom is 0.123 e. The Bertz CT molecular complexity index is 358. The summed E-state index contributed by atoms with van der Waals surface area (Å²) in [5.74, 6) is 0.911. The Kier molecular flexibility index (Phi) is 8.63. The Labute approximate surface area is 120 Å². The van der Waals surface area contributed by atoms with E-state index in [9.17, 15) is 0 Å². The fraction of sp³-hybridized carbons (Fsp3) is 0.600. The van der Waals surface area contributed by atoms with Gasteiger partial charge >= 0.3 is 0 Å². The summed E-state index contributed by atoms with van der Waals surface area (Å²) in [6, 6.07) is 5.74. The van der Waals surface area contributed by atoms with Gasteiger partial charge in [0.1, 0.15) is 5.75 Å². The lowest BCUT2D eigenvalue weighted by atomic mass is 10.2. The Morgan fingerprint density at radius 3 is 2.84 bits per heavy atom. The topological polar surface area (TPSA) is 41.5 Å². The van der Waals surface area contributed by atoms with Crippen molar-refractivity contribution in [1.82, 2.24) is 5.32 Å². The zero-order chi connectivity index (χ0) is 13.9. The van der Waals surface area contributed by atoms with E-state index in [0.717, 1.165) is 61.7 Å². The molecule has 0 radical (unpaired) electrons. The molecule has 0 aliphatic rings. The van der Waals surface area contributed by atoms with E-state index in [-0.39, 0.29) is 6.61 Å². The van der Waals surface area contributed by atoms with Crippen LogP contribution in [0.15, 0.2) is 18.2 Å². The number of halogens is 1. The van der Waals surface area contributed by atoms with Crippen LogP contribution in [0.25, 0.3) is 0 Å². The highest BCUT2D eigenvalue weighted by Crippen LogP contribution is 2.23. The van der Waals surface area contributed by atoms with Gasteiger partial charge in [0.25, 0.3) is 0 Å². The minimum Gasteiger partial charge on any atom is -0.493 e. The van der Waals surface area contributed by atoms with E-state index in [2.05, 4.69) is 12.2 Å². The summed E-state index contributed by atoms with van der Waals surface area (Å²) in [6.45, 7) is 4.81. The van der Waals surface area contributed by atoms with Gasteiger partial charge < -0.3 is 15.2 Å². The minimum atomic E-state index is 0.281. The SMILES string of the molecule is CCCOc1ccc(Cl)cc1CNCCCCCO. The first kappa shape index (κ1) is 16.3. The van der Waals surface area contributed by atoms with Crippen molar-refractivity contribution in [1.29, 1.82) is 0 Å². The van der Waals surface area contributed by atoms with Crippen molar-refractivity contribution in [3.05, 3.63) is 28.8 Å². The minimum absolute atomic E-state index is 0.281. The number of aliphatic hydroxyl groups excluding tert-OH is 1. The van der Waals surface area contributed by atoms with E-state index in [1.54, 1.807) is 0 Å². The molecule has 0 aliphatic heterocycles. The standard InChI is InChI=1S/C15H24ClNO2/c1-2-10-19-15-7-6-14(16)11-13(15)12-17-8-4-3-5-9-18/h6-7,11,17-18H,2-5,8-10,12H2,1H3. The summed E-state index contributed by atoms with van der Waals surface area (Å²) in [4.78, 5) is 0. The Balaban J connectivity index is 2.39.